The lowest BCUT2D eigenvalue weighted by Gasteiger charge is -2.20. The highest BCUT2D eigenvalue weighted by Crippen LogP contribution is 2.24. The fourth-order valence-electron chi connectivity index (χ4n) is 2.97. The molecule has 0 spiro atoms. The van der Waals surface area contributed by atoms with Gasteiger partial charge in [0.15, 0.2) is 0 Å². The molecule has 5 heteroatoms. The molecule has 0 unspecified atom stereocenters. The second kappa shape index (κ2) is 8.54. The summed E-state index contributed by atoms with van der Waals surface area (Å²) >= 11 is 0. The number of ether oxygens (including phenoxy) is 1. The molecule has 0 N–H and O–H groups in total. The molecule has 0 radical (unpaired) electrons. The predicted molar refractivity (Wildman–Crippen MR) is 107 cm³/mol. The van der Waals surface area contributed by atoms with Crippen molar-refractivity contribution in [2.75, 3.05) is 13.2 Å². The number of hydrogen-bond donors (Lipinski definition) is 0. The lowest BCUT2D eigenvalue weighted by molar-refractivity contribution is 0.0747. The normalized spacial score (nSPS) is 10.6. The van der Waals surface area contributed by atoms with E-state index in [1.807, 2.05) is 80.2 Å². The molecule has 0 aliphatic carbocycles. The van der Waals surface area contributed by atoms with Gasteiger partial charge >= 0.3 is 0 Å². The average molecular weight is 363 g/mol. The summed E-state index contributed by atoms with van der Waals surface area (Å²) in [5, 5.41) is 0. The van der Waals surface area contributed by atoms with Crippen LogP contribution in [0.4, 0.5) is 0 Å². The molecule has 1 aromatic heterocycles. The summed E-state index contributed by atoms with van der Waals surface area (Å²) in [6, 6.07) is 15.7. The van der Waals surface area contributed by atoms with Gasteiger partial charge in [-0.2, -0.15) is 0 Å². The zero-order valence-corrected chi connectivity index (χ0v) is 16.1. The number of nitrogens with zero attached hydrogens (tertiary/aromatic N) is 3. The second-order valence-corrected chi connectivity index (χ2v) is 6.31. The van der Waals surface area contributed by atoms with Gasteiger partial charge in [0.1, 0.15) is 11.6 Å². The Hall–Kier alpha value is -3.08. The van der Waals surface area contributed by atoms with Crippen LogP contribution in [0, 0.1) is 0 Å². The van der Waals surface area contributed by atoms with Crippen LogP contribution in [0.3, 0.4) is 0 Å². The second-order valence-electron chi connectivity index (χ2n) is 6.31. The van der Waals surface area contributed by atoms with Crippen molar-refractivity contribution >= 4 is 5.91 Å². The van der Waals surface area contributed by atoms with E-state index in [1.165, 1.54) is 0 Å². The molecule has 140 valence electrons. The molecular weight excluding hydrogens is 338 g/mol. The Morgan fingerprint density at radius 2 is 1.89 bits per heavy atom. The Morgan fingerprint density at radius 1 is 1.11 bits per heavy atom. The maximum absolute atomic E-state index is 12.9. The number of rotatable bonds is 7. The van der Waals surface area contributed by atoms with Crippen LogP contribution in [0.15, 0.2) is 60.9 Å². The van der Waals surface area contributed by atoms with Crippen molar-refractivity contribution in [1.29, 1.82) is 0 Å². The van der Waals surface area contributed by atoms with Crippen molar-refractivity contribution < 1.29 is 9.53 Å². The fourth-order valence-corrected chi connectivity index (χ4v) is 2.97. The number of imidazole rings is 1. The summed E-state index contributed by atoms with van der Waals surface area (Å²) in [7, 11) is 1.94. The van der Waals surface area contributed by atoms with E-state index in [0.29, 0.717) is 25.3 Å². The van der Waals surface area contributed by atoms with E-state index in [9.17, 15) is 4.79 Å². The number of amides is 1. The van der Waals surface area contributed by atoms with Crippen LogP contribution in [0.2, 0.25) is 0 Å². The zero-order chi connectivity index (χ0) is 19.2. The molecule has 0 saturated heterocycles. The highest BCUT2D eigenvalue weighted by atomic mass is 16.5. The van der Waals surface area contributed by atoms with E-state index in [-0.39, 0.29) is 5.91 Å². The van der Waals surface area contributed by atoms with E-state index in [2.05, 4.69) is 4.98 Å². The number of benzene rings is 2. The lowest BCUT2D eigenvalue weighted by Crippen LogP contribution is -2.31. The van der Waals surface area contributed by atoms with Crippen molar-refractivity contribution in [3.05, 3.63) is 72.3 Å². The smallest absolute Gasteiger partial charge is 0.254 e. The van der Waals surface area contributed by atoms with Crippen LogP contribution in [0.1, 0.15) is 30.0 Å². The number of carbonyl (C=O) groups excluding carboxylic acids is 1. The minimum Gasteiger partial charge on any atom is -0.494 e. The molecule has 2 aromatic carbocycles. The monoisotopic (exact) mass is 363 g/mol. The molecule has 0 saturated carbocycles. The van der Waals surface area contributed by atoms with E-state index < -0.39 is 0 Å². The van der Waals surface area contributed by atoms with Gasteiger partial charge in [-0.05, 0) is 49.2 Å². The molecule has 0 atom stereocenters. The van der Waals surface area contributed by atoms with Crippen LogP contribution in [-0.2, 0) is 13.6 Å². The van der Waals surface area contributed by atoms with Gasteiger partial charge in [0.25, 0.3) is 5.91 Å². The van der Waals surface area contributed by atoms with Crippen molar-refractivity contribution in [2.24, 2.45) is 7.05 Å². The third-order valence-electron chi connectivity index (χ3n) is 4.53. The van der Waals surface area contributed by atoms with Crippen molar-refractivity contribution in [2.45, 2.75) is 20.4 Å². The number of hydrogen-bond acceptors (Lipinski definition) is 3. The summed E-state index contributed by atoms with van der Waals surface area (Å²) in [5.41, 5.74) is 2.80. The Bertz CT molecular complexity index is 900. The van der Waals surface area contributed by atoms with Gasteiger partial charge in [0, 0.05) is 31.5 Å². The Labute approximate surface area is 160 Å². The third-order valence-corrected chi connectivity index (χ3v) is 4.53. The maximum Gasteiger partial charge on any atom is 0.254 e. The third kappa shape index (κ3) is 4.37. The van der Waals surface area contributed by atoms with Gasteiger partial charge in [-0.25, -0.2) is 4.98 Å². The highest BCUT2D eigenvalue weighted by molar-refractivity contribution is 5.94. The first-order valence-corrected chi connectivity index (χ1v) is 9.21. The first-order valence-electron chi connectivity index (χ1n) is 9.21. The van der Waals surface area contributed by atoms with Crippen LogP contribution in [0.25, 0.3) is 11.1 Å². The van der Waals surface area contributed by atoms with Gasteiger partial charge in [-0.3, -0.25) is 4.79 Å². The van der Waals surface area contributed by atoms with Crippen LogP contribution >= 0.6 is 0 Å². The van der Waals surface area contributed by atoms with Crippen molar-refractivity contribution in [3.8, 4) is 16.9 Å². The SMILES string of the molecule is CCOc1cccc(-c2ccc(C(=O)N(CC)Cc3nccn3C)cc2)c1. The number of aromatic nitrogens is 2. The maximum atomic E-state index is 12.9. The standard InChI is InChI=1S/C22H25N3O2/c1-4-25(16-21-23-13-14-24(21)3)22(26)18-11-9-17(10-12-18)19-7-6-8-20(15-19)27-5-2/h6-15H,4-5,16H2,1-3H3. The summed E-state index contributed by atoms with van der Waals surface area (Å²) in [4.78, 5) is 19.0. The molecule has 27 heavy (non-hydrogen) atoms. The number of carbonyl (C=O) groups is 1. The highest BCUT2D eigenvalue weighted by Gasteiger charge is 2.16. The average Bonchev–Trinajstić information content (AvgIpc) is 3.11. The predicted octanol–water partition coefficient (Wildman–Crippen LogP) is 4.15. The largest absolute Gasteiger partial charge is 0.494 e. The molecule has 3 rings (SSSR count). The quantitative estimate of drug-likeness (QED) is 0.634. The first-order chi connectivity index (χ1) is 13.1. The van der Waals surface area contributed by atoms with Gasteiger partial charge in [-0.1, -0.05) is 24.3 Å². The van der Waals surface area contributed by atoms with Gasteiger partial charge in [0.05, 0.1) is 13.2 Å². The van der Waals surface area contributed by atoms with Gasteiger partial charge < -0.3 is 14.2 Å². The summed E-state index contributed by atoms with van der Waals surface area (Å²) in [5.74, 6) is 1.73. The lowest BCUT2D eigenvalue weighted by atomic mass is 10.0. The Kier molecular flexibility index (Phi) is 5.91. The molecule has 0 fully saturated rings. The van der Waals surface area contributed by atoms with E-state index in [4.69, 9.17) is 4.74 Å². The molecule has 0 aliphatic heterocycles. The van der Waals surface area contributed by atoms with Crippen molar-refractivity contribution in [1.82, 2.24) is 14.5 Å². The number of aryl methyl sites for hydroxylation is 1. The topological polar surface area (TPSA) is 47.4 Å². The van der Waals surface area contributed by atoms with Crippen LogP contribution < -0.4 is 4.74 Å². The molecule has 0 aliphatic rings. The minimum atomic E-state index is 0.00937. The van der Waals surface area contributed by atoms with E-state index in [0.717, 1.165) is 22.7 Å². The fraction of sp³-hybridized carbons (Fsp3) is 0.273. The minimum absolute atomic E-state index is 0.00937. The summed E-state index contributed by atoms with van der Waals surface area (Å²) in [6.07, 6.45) is 3.64. The van der Waals surface area contributed by atoms with Gasteiger partial charge in [-0.15, -0.1) is 0 Å². The molecule has 0 bridgehead atoms. The Balaban J connectivity index is 1.76. The van der Waals surface area contributed by atoms with Gasteiger partial charge in [0.2, 0.25) is 0 Å². The Morgan fingerprint density at radius 3 is 2.52 bits per heavy atom. The molecular formula is C22H25N3O2. The summed E-state index contributed by atoms with van der Waals surface area (Å²) in [6.45, 7) is 5.71. The van der Waals surface area contributed by atoms with Crippen molar-refractivity contribution in [3.63, 3.8) is 0 Å². The zero-order valence-electron chi connectivity index (χ0n) is 16.1. The molecule has 3 aromatic rings. The van der Waals surface area contributed by atoms with E-state index in [1.54, 1.807) is 11.1 Å². The van der Waals surface area contributed by atoms with Crippen LogP contribution in [-0.4, -0.2) is 33.5 Å². The molecule has 5 nitrogen and oxygen atoms in total. The van der Waals surface area contributed by atoms with E-state index >= 15 is 0 Å². The first kappa shape index (κ1) is 18.7. The molecule has 1 amide bonds. The van der Waals surface area contributed by atoms with Crippen LogP contribution in [0.5, 0.6) is 5.75 Å². The summed E-state index contributed by atoms with van der Waals surface area (Å²) < 4.78 is 7.50. The molecule has 1 heterocycles.